The number of aromatic nitrogens is 2. The number of aryl methyl sites for hydroxylation is 1. The predicted octanol–water partition coefficient (Wildman–Crippen LogP) is 6.94. The molecule has 1 aromatic heterocycles. The minimum Gasteiger partial charge on any atom is -0.249 e. The van der Waals surface area contributed by atoms with Crippen LogP contribution in [-0.2, 0) is 0 Å². The molecule has 138 valence electrons. The van der Waals surface area contributed by atoms with Crippen LogP contribution < -0.4 is 0 Å². The third-order valence-corrected chi connectivity index (χ3v) is 5.21. The first-order valence-corrected chi connectivity index (χ1v) is 9.78. The van der Waals surface area contributed by atoms with Crippen LogP contribution in [0.5, 0.6) is 0 Å². The van der Waals surface area contributed by atoms with Gasteiger partial charge in [0.2, 0.25) is 0 Å². The van der Waals surface area contributed by atoms with Crippen molar-refractivity contribution in [3.05, 3.63) is 109 Å². The second-order valence-electron chi connectivity index (χ2n) is 7.17. The molecule has 0 aliphatic carbocycles. The summed E-state index contributed by atoms with van der Waals surface area (Å²) in [4.78, 5) is 9.61. The maximum absolute atomic E-state index is 4.87. The molecule has 0 aliphatic heterocycles. The number of fused-ring (bicyclic) bond motifs is 1. The van der Waals surface area contributed by atoms with Crippen molar-refractivity contribution in [1.82, 2.24) is 9.97 Å². The van der Waals surface area contributed by atoms with Gasteiger partial charge in [-0.25, -0.2) is 9.97 Å². The summed E-state index contributed by atoms with van der Waals surface area (Å²) in [7, 11) is 0. The molecule has 0 saturated carbocycles. The Bertz CT molecular complexity index is 1290. The van der Waals surface area contributed by atoms with Crippen molar-refractivity contribution in [3.8, 4) is 33.5 Å². The van der Waals surface area contributed by atoms with Gasteiger partial charge in [-0.15, -0.1) is 0 Å². The summed E-state index contributed by atoms with van der Waals surface area (Å²) in [6, 6.07) is 35.7. The van der Waals surface area contributed by atoms with Gasteiger partial charge in [-0.3, -0.25) is 0 Å². The first-order chi connectivity index (χ1) is 14.3. The highest BCUT2D eigenvalue weighted by atomic mass is 14.8. The van der Waals surface area contributed by atoms with Gasteiger partial charge in [0, 0.05) is 5.56 Å². The van der Waals surface area contributed by atoms with E-state index in [-0.39, 0.29) is 0 Å². The van der Waals surface area contributed by atoms with Crippen LogP contribution in [0.4, 0.5) is 0 Å². The first kappa shape index (κ1) is 17.3. The highest BCUT2D eigenvalue weighted by Gasteiger charge is 2.09. The first-order valence-electron chi connectivity index (χ1n) is 9.78. The third kappa shape index (κ3) is 3.41. The Balaban J connectivity index is 1.53. The van der Waals surface area contributed by atoms with Crippen LogP contribution in [0.15, 0.2) is 103 Å². The van der Waals surface area contributed by atoms with Crippen LogP contribution in [0.25, 0.3) is 44.5 Å². The SMILES string of the molecule is Cc1nc2ccccc2nc1-c1cccc(-c2ccc(-c3ccccc3)cc2)c1. The standard InChI is InChI=1S/C27H20N2/c1-19-27(29-26-13-6-5-12-25(26)28-19)24-11-7-10-23(18-24)22-16-14-21(15-17-22)20-8-3-2-4-9-20/h2-18H,1H3. The maximum Gasteiger partial charge on any atom is 0.0922 e. The van der Waals surface area contributed by atoms with Crippen LogP contribution in [0.2, 0.25) is 0 Å². The molecule has 0 N–H and O–H groups in total. The van der Waals surface area contributed by atoms with Crippen molar-refractivity contribution in [2.24, 2.45) is 0 Å². The average Bonchev–Trinajstić information content (AvgIpc) is 2.79. The summed E-state index contributed by atoms with van der Waals surface area (Å²) in [5.74, 6) is 0. The van der Waals surface area contributed by atoms with Crippen molar-refractivity contribution in [3.63, 3.8) is 0 Å². The molecule has 0 amide bonds. The lowest BCUT2D eigenvalue weighted by Gasteiger charge is -2.10. The number of para-hydroxylation sites is 2. The second kappa shape index (κ2) is 7.33. The molecule has 2 heteroatoms. The summed E-state index contributed by atoms with van der Waals surface area (Å²) in [5, 5.41) is 0. The van der Waals surface area contributed by atoms with Gasteiger partial charge in [-0.1, -0.05) is 84.9 Å². The van der Waals surface area contributed by atoms with Crippen LogP contribution in [-0.4, -0.2) is 9.97 Å². The van der Waals surface area contributed by atoms with E-state index in [2.05, 4.69) is 72.8 Å². The van der Waals surface area contributed by atoms with Crippen LogP contribution >= 0.6 is 0 Å². The van der Waals surface area contributed by atoms with Crippen molar-refractivity contribution in [1.29, 1.82) is 0 Å². The molecule has 0 spiro atoms. The molecule has 0 fully saturated rings. The Labute approximate surface area is 170 Å². The molecule has 5 rings (SSSR count). The van der Waals surface area contributed by atoms with Gasteiger partial charge in [0.25, 0.3) is 0 Å². The van der Waals surface area contributed by atoms with Gasteiger partial charge in [0.15, 0.2) is 0 Å². The Hall–Kier alpha value is -3.78. The summed E-state index contributed by atoms with van der Waals surface area (Å²) in [6.07, 6.45) is 0. The Morgan fingerprint density at radius 2 is 0.966 bits per heavy atom. The molecule has 1 heterocycles. The van der Waals surface area contributed by atoms with E-state index in [1.165, 1.54) is 22.3 Å². The molecular formula is C27H20N2. The van der Waals surface area contributed by atoms with Crippen molar-refractivity contribution in [2.75, 3.05) is 0 Å². The zero-order chi connectivity index (χ0) is 19.6. The quantitative estimate of drug-likeness (QED) is 0.343. The Morgan fingerprint density at radius 1 is 0.448 bits per heavy atom. The molecular weight excluding hydrogens is 352 g/mol. The molecule has 4 aromatic carbocycles. The van der Waals surface area contributed by atoms with Crippen LogP contribution in [0.1, 0.15) is 5.69 Å². The number of hydrogen-bond acceptors (Lipinski definition) is 2. The highest BCUT2D eigenvalue weighted by molar-refractivity contribution is 5.80. The molecule has 29 heavy (non-hydrogen) atoms. The minimum absolute atomic E-state index is 0.922. The van der Waals surface area contributed by atoms with E-state index in [4.69, 9.17) is 9.97 Å². The van der Waals surface area contributed by atoms with E-state index in [0.717, 1.165) is 28.0 Å². The average molecular weight is 372 g/mol. The third-order valence-electron chi connectivity index (χ3n) is 5.21. The lowest BCUT2D eigenvalue weighted by molar-refractivity contribution is 1.19. The zero-order valence-corrected chi connectivity index (χ0v) is 16.2. The zero-order valence-electron chi connectivity index (χ0n) is 16.2. The van der Waals surface area contributed by atoms with Gasteiger partial charge in [-0.05, 0) is 47.4 Å². The fraction of sp³-hybridized carbons (Fsp3) is 0.0370. The Kier molecular flexibility index (Phi) is 4.38. The normalized spacial score (nSPS) is 10.9. The van der Waals surface area contributed by atoms with E-state index >= 15 is 0 Å². The van der Waals surface area contributed by atoms with E-state index in [1.54, 1.807) is 0 Å². The number of benzene rings is 4. The van der Waals surface area contributed by atoms with Crippen molar-refractivity contribution in [2.45, 2.75) is 6.92 Å². The summed E-state index contributed by atoms with van der Waals surface area (Å²) >= 11 is 0. The fourth-order valence-corrected chi connectivity index (χ4v) is 3.69. The lowest BCUT2D eigenvalue weighted by Crippen LogP contribution is -1.94. The van der Waals surface area contributed by atoms with Crippen LogP contribution in [0, 0.1) is 6.92 Å². The largest absolute Gasteiger partial charge is 0.249 e. The summed E-state index contributed by atoms with van der Waals surface area (Å²) in [6.45, 7) is 2.02. The molecule has 0 atom stereocenters. The topological polar surface area (TPSA) is 25.8 Å². The second-order valence-corrected chi connectivity index (χ2v) is 7.17. The highest BCUT2D eigenvalue weighted by Crippen LogP contribution is 2.29. The van der Waals surface area contributed by atoms with Gasteiger partial charge in [0.05, 0.1) is 22.4 Å². The molecule has 2 nitrogen and oxygen atoms in total. The predicted molar refractivity (Wildman–Crippen MR) is 121 cm³/mol. The van der Waals surface area contributed by atoms with Crippen molar-refractivity contribution >= 4 is 11.0 Å². The molecule has 0 unspecified atom stereocenters. The molecule has 0 saturated heterocycles. The molecule has 5 aromatic rings. The van der Waals surface area contributed by atoms with E-state index in [1.807, 2.05) is 37.3 Å². The van der Waals surface area contributed by atoms with Crippen LogP contribution in [0.3, 0.4) is 0 Å². The molecule has 0 aliphatic rings. The molecule has 0 bridgehead atoms. The van der Waals surface area contributed by atoms with E-state index in [0.29, 0.717) is 0 Å². The maximum atomic E-state index is 4.87. The van der Waals surface area contributed by atoms with Gasteiger partial charge in [0.1, 0.15) is 0 Å². The van der Waals surface area contributed by atoms with Crippen molar-refractivity contribution < 1.29 is 0 Å². The fourth-order valence-electron chi connectivity index (χ4n) is 3.69. The summed E-state index contributed by atoms with van der Waals surface area (Å²) in [5.41, 5.74) is 9.65. The number of rotatable bonds is 3. The monoisotopic (exact) mass is 372 g/mol. The van der Waals surface area contributed by atoms with Gasteiger partial charge >= 0.3 is 0 Å². The number of hydrogen-bond donors (Lipinski definition) is 0. The number of nitrogens with zero attached hydrogens (tertiary/aromatic N) is 2. The summed E-state index contributed by atoms with van der Waals surface area (Å²) < 4.78 is 0. The van der Waals surface area contributed by atoms with Gasteiger partial charge in [-0.2, -0.15) is 0 Å². The lowest BCUT2D eigenvalue weighted by atomic mass is 9.98. The minimum atomic E-state index is 0.922. The van der Waals surface area contributed by atoms with E-state index in [9.17, 15) is 0 Å². The smallest absolute Gasteiger partial charge is 0.0922 e. The van der Waals surface area contributed by atoms with E-state index < -0.39 is 0 Å². The Morgan fingerprint density at radius 3 is 1.69 bits per heavy atom. The van der Waals surface area contributed by atoms with Gasteiger partial charge < -0.3 is 0 Å². The molecule has 0 radical (unpaired) electrons.